The van der Waals surface area contributed by atoms with Gasteiger partial charge in [-0.1, -0.05) is 16.8 Å². The first-order valence-corrected chi connectivity index (χ1v) is 11.3. The SMILES string of the molecule is COC(=O)c1cn(-c2cc(NC(=O)c3cc(N)c(F)c(C)c3Cl)c(N3CCN(C)CC3)cc2F)nn1. The number of esters is 1. The van der Waals surface area contributed by atoms with Crippen LogP contribution in [-0.2, 0) is 4.74 Å². The summed E-state index contributed by atoms with van der Waals surface area (Å²) < 4.78 is 35.1. The van der Waals surface area contributed by atoms with E-state index in [1.54, 1.807) is 0 Å². The lowest BCUT2D eigenvalue weighted by Crippen LogP contribution is -2.44. The summed E-state index contributed by atoms with van der Waals surface area (Å²) in [5.41, 5.74) is 6.01. The Morgan fingerprint density at radius 3 is 2.50 bits per heavy atom. The summed E-state index contributed by atoms with van der Waals surface area (Å²) in [7, 11) is 3.17. The highest BCUT2D eigenvalue weighted by molar-refractivity contribution is 6.35. The van der Waals surface area contributed by atoms with Crippen molar-refractivity contribution in [3.63, 3.8) is 0 Å². The fourth-order valence-electron chi connectivity index (χ4n) is 3.87. The van der Waals surface area contributed by atoms with E-state index in [2.05, 4.69) is 25.3 Å². The third-order valence-corrected chi connectivity index (χ3v) is 6.47. The molecule has 1 saturated heterocycles. The summed E-state index contributed by atoms with van der Waals surface area (Å²) in [6.07, 6.45) is 1.21. The van der Waals surface area contributed by atoms with E-state index in [-0.39, 0.29) is 38.9 Å². The van der Waals surface area contributed by atoms with Crippen LogP contribution in [0.3, 0.4) is 0 Å². The van der Waals surface area contributed by atoms with Gasteiger partial charge in [-0.15, -0.1) is 5.10 Å². The number of hydrogen-bond donors (Lipinski definition) is 2. The maximum atomic E-state index is 15.3. The van der Waals surface area contributed by atoms with Crippen molar-refractivity contribution in [2.24, 2.45) is 0 Å². The minimum absolute atomic E-state index is 0.0306. The molecule has 36 heavy (non-hydrogen) atoms. The molecule has 0 spiro atoms. The molecular weight excluding hydrogens is 496 g/mol. The van der Waals surface area contributed by atoms with Gasteiger partial charge >= 0.3 is 5.97 Å². The number of nitrogens with two attached hydrogens (primary N) is 1. The number of benzene rings is 2. The number of likely N-dealkylation sites (N-methyl/N-ethyl adjacent to an activating group) is 1. The predicted molar refractivity (Wildman–Crippen MR) is 131 cm³/mol. The standard InChI is InChI=1S/C23H24ClF2N7O3/c1-12-20(24)13(8-15(27)21(12)26)22(34)28-16-10-18(33-11-17(29-30-33)23(35)36-3)14(25)9-19(16)32-6-4-31(2)5-7-32/h8-11H,4-7,27H2,1-3H3,(H,28,34). The molecule has 1 aromatic heterocycles. The number of nitrogens with one attached hydrogen (secondary N) is 1. The lowest BCUT2D eigenvalue weighted by Gasteiger charge is -2.35. The predicted octanol–water partition coefficient (Wildman–Crippen LogP) is 2.88. The highest BCUT2D eigenvalue weighted by Gasteiger charge is 2.24. The number of aromatic nitrogens is 3. The first-order valence-electron chi connectivity index (χ1n) is 10.9. The number of hydrogen-bond acceptors (Lipinski definition) is 8. The first kappa shape index (κ1) is 25.3. The monoisotopic (exact) mass is 519 g/mol. The van der Waals surface area contributed by atoms with Crippen LogP contribution in [0.2, 0.25) is 5.02 Å². The smallest absolute Gasteiger partial charge is 0.360 e. The summed E-state index contributed by atoms with van der Waals surface area (Å²) in [5, 5.41) is 10.2. The van der Waals surface area contributed by atoms with Crippen LogP contribution < -0.4 is 16.0 Å². The maximum Gasteiger partial charge on any atom is 0.360 e. The number of anilines is 3. The van der Waals surface area contributed by atoms with Crippen molar-refractivity contribution < 1.29 is 23.1 Å². The molecule has 3 aromatic rings. The molecule has 0 aliphatic carbocycles. The molecule has 2 heterocycles. The fourth-order valence-corrected chi connectivity index (χ4v) is 4.09. The van der Waals surface area contributed by atoms with E-state index in [4.69, 9.17) is 17.3 Å². The summed E-state index contributed by atoms with van der Waals surface area (Å²) in [6.45, 7) is 4.08. The molecule has 0 radical (unpaired) electrons. The zero-order valence-corrected chi connectivity index (χ0v) is 20.6. The van der Waals surface area contributed by atoms with E-state index in [9.17, 15) is 14.0 Å². The Balaban J connectivity index is 1.77. The fraction of sp³-hybridized carbons (Fsp3) is 0.304. The second-order valence-electron chi connectivity index (χ2n) is 8.37. The summed E-state index contributed by atoms with van der Waals surface area (Å²) in [5.74, 6) is -2.74. The Bertz CT molecular complexity index is 1340. The zero-order valence-electron chi connectivity index (χ0n) is 19.8. The summed E-state index contributed by atoms with van der Waals surface area (Å²) >= 11 is 6.24. The van der Waals surface area contributed by atoms with Crippen molar-refractivity contribution in [1.82, 2.24) is 19.9 Å². The van der Waals surface area contributed by atoms with Gasteiger partial charge in [-0.25, -0.2) is 18.3 Å². The average Bonchev–Trinajstić information content (AvgIpc) is 3.35. The van der Waals surface area contributed by atoms with Gasteiger partial charge in [0.05, 0.1) is 41.0 Å². The van der Waals surface area contributed by atoms with Crippen LogP contribution in [0.25, 0.3) is 5.69 Å². The second-order valence-corrected chi connectivity index (χ2v) is 8.75. The lowest BCUT2D eigenvalue weighted by molar-refractivity contribution is 0.0593. The molecule has 4 rings (SSSR count). The number of nitrogens with zero attached hydrogens (tertiary/aromatic N) is 5. The van der Waals surface area contributed by atoms with E-state index in [0.717, 1.165) is 23.8 Å². The topological polar surface area (TPSA) is 119 Å². The number of ether oxygens (including phenoxy) is 1. The van der Waals surface area contributed by atoms with Crippen molar-refractivity contribution in [2.75, 3.05) is 56.3 Å². The Kier molecular flexibility index (Phi) is 7.09. The molecule has 1 aliphatic heterocycles. The van der Waals surface area contributed by atoms with Crippen LogP contribution in [0.15, 0.2) is 24.4 Å². The van der Waals surface area contributed by atoms with E-state index >= 15 is 4.39 Å². The van der Waals surface area contributed by atoms with Crippen molar-refractivity contribution in [1.29, 1.82) is 0 Å². The largest absolute Gasteiger partial charge is 0.464 e. The Hall–Kier alpha value is -3.77. The molecule has 3 N–H and O–H groups in total. The van der Waals surface area contributed by atoms with Gasteiger partial charge in [0.15, 0.2) is 17.3 Å². The molecule has 0 bridgehead atoms. The van der Waals surface area contributed by atoms with Crippen LogP contribution >= 0.6 is 11.6 Å². The minimum Gasteiger partial charge on any atom is -0.464 e. The van der Waals surface area contributed by atoms with E-state index in [1.165, 1.54) is 32.4 Å². The molecule has 0 atom stereocenters. The van der Waals surface area contributed by atoms with Gasteiger partial charge in [0.2, 0.25) is 0 Å². The third-order valence-electron chi connectivity index (χ3n) is 5.98. The summed E-state index contributed by atoms with van der Waals surface area (Å²) in [6, 6.07) is 3.81. The number of carbonyl (C=O) groups excluding carboxylic acids is 2. The molecule has 1 aliphatic rings. The summed E-state index contributed by atoms with van der Waals surface area (Å²) in [4.78, 5) is 29.0. The van der Waals surface area contributed by atoms with Crippen LogP contribution in [-0.4, -0.2) is 72.1 Å². The zero-order chi connectivity index (χ0) is 26.1. The van der Waals surface area contributed by atoms with Gasteiger partial charge in [0, 0.05) is 37.8 Å². The molecule has 1 fully saturated rings. The number of nitrogen functional groups attached to an aromatic ring is 1. The van der Waals surface area contributed by atoms with Gasteiger partial charge in [0.25, 0.3) is 5.91 Å². The maximum absolute atomic E-state index is 15.3. The normalized spacial score (nSPS) is 14.1. The van der Waals surface area contributed by atoms with Crippen LogP contribution in [0, 0.1) is 18.6 Å². The Morgan fingerprint density at radius 2 is 1.83 bits per heavy atom. The van der Waals surface area contributed by atoms with Crippen molar-refractivity contribution in [3.05, 3.63) is 57.9 Å². The van der Waals surface area contributed by atoms with Crippen molar-refractivity contribution >= 4 is 40.5 Å². The number of methoxy groups -OCH3 is 1. The average molecular weight is 520 g/mol. The minimum atomic E-state index is -0.733. The highest BCUT2D eigenvalue weighted by Crippen LogP contribution is 2.34. The van der Waals surface area contributed by atoms with Gasteiger partial charge in [0.1, 0.15) is 5.69 Å². The number of piperazine rings is 1. The number of rotatable bonds is 5. The molecule has 2 aromatic carbocycles. The number of carbonyl (C=O) groups is 2. The molecule has 10 nitrogen and oxygen atoms in total. The molecule has 190 valence electrons. The van der Waals surface area contributed by atoms with Gasteiger partial charge in [-0.3, -0.25) is 4.79 Å². The quantitative estimate of drug-likeness (QED) is 0.390. The van der Waals surface area contributed by atoms with Crippen molar-refractivity contribution in [3.8, 4) is 5.69 Å². The van der Waals surface area contributed by atoms with Gasteiger partial charge in [-0.05, 0) is 26.1 Å². The highest BCUT2D eigenvalue weighted by atomic mass is 35.5. The van der Waals surface area contributed by atoms with Crippen molar-refractivity contribution in [2.45, 2.75) is 6.92 Å². The van der Waals surface area contributed by atoms with E-state index < -0.39 is 23.5 Å². The first-order chi connectivity index (χ1) is 17.1. The van der Waals surface area contributed by atoms with E-state index in [1.807, 2.05) is 11.9 Å². The Labute approximate surface area is 210 Å². The van der Waals surface area contributed by atoms with Gasteiger partial charge < -0.3 is 25.6 Å². The lowest BCUT2D eigenvalue weighted by atomic mass is 10.1. The van der Waals surface area contributed by atoms with Crippen LogP contribution in [0.1, 0.15) is 26.4 Å². The number of amides is 1. The van der Waals surface area contributed by atoms with E-state index in [0.29, 0.717) is 18.8 Å². The van der Waals surface area contributed by atoms with Crippen LogP contribution in [0.4, 0.5) is 25.8 Å². The molecule has 1 amide bonds. The van der Waals surface area contributed by atoms with Gasteiger partial charge in [-0.2, -0.15) is 0 Å². The molecule has 13 heteroatoms. The van der Waals surface area contributed by atoms with Crippen LogP contribution in [0.5, 0.6) is 0 Å². The number of halogens is 3. The molecular formula is C23H24ClF2N7O3. The molecule has 0 saturated carbocycles. The molecule has 0 unspecified atom stereocenters. The third kappa shape index (κ3) is 4.82. The Morgan fingerprint density at radius 1 is 1.14 bits per heavy atom. The second kappa shape index (κ2) is 10.1.